The van der Waals surface area contributed by atoms with Crippen molar-refractivity contribution in [2.45, 2.75) is 99.4 Å². The van der Waals surface area contributed by atoms with Crippen molar-refractivity contribution in [1.29, 1.82) is 0 Å². The number of carboxylic acid groups (broad SMARTS) is 1. The number of aryl methyl sites for hydroxylation is 3. The van der Waals surface area contributed by atoms with Gasteiger partial charge in [0.05, 0.1) is 11.3 Å². The molecule has 0 unspecified atom stereocenters. The molecule has 2 aliphatic heterocycles. The zero-order valence-electron chi connectivity index (χ0n) is 27.7. The van der Waals surface area contributed by atoms with Crippen molar-refractivity contribution in [2.24, 2.45) is 5.41 Å². The van der Waals surface area contributed by atoms with Gasteiger partial charge in [-0.25, -0.2) is 9.18 Å². The lowest BCUT2D eigenvalue weighted by Crippen LogP contribution is -2.39. The fourth-order valence-electron chi connectivity index (χ4n) is 6.71. The second-order valence-corrected chi connectivity index (χ2v) is 14.5. The molecule has 7 heteroatoms. The molecule has 1 aromatic heterocycles. The molecule has 0 amide bonds. The average Bonchev–Trinajstić information content (AvgIpc) is 2.93. The van der Waals surface area contributed by atoms with E-state index in [1.807, 2.05) is 47.6 Å². The minimum Gasteiger partial charge on any atom is -0.479 e. The molecule has 3 heterocycles. The molecule has 5 rings (SSSR count). The molecule has 2 aromatic carbocycles. The van der Waals surface area contributed by atoms with E-state index in [2.05, 4.69) is 41.8 Å². The lowest BCUT2D eigenvalue weighted by atomic mass is 9.81. The van der Waals surface area contributed by atoms with E-state index in [0.29, 0.717) is 11.3 Å². The molecule has 0 radical (unpaired) electrons. The van der Waals surface area contributed by atoms with Crippen LogP contribution in [0.2, 0.25) is 0 Å². The third-order valence-corrected chi connectivity index (χ3v) is 9.26. The third kappa shape index (κ3) is 7.00. The standard InChI is InChI=1S/C37H48FN3O3/c1-23-9-12-30(38)20-29(23)22-40-16-13-26-19-27(10-11-28(26)21-40)31-24(2)39-25(3)32(34(35(42)43)44-36(4,5)6)33(31)41-17-14-37(7,8)15-18-41/h9-12,19-20,34H,13-18,21-22H2,1-8H3,(H,42,43)/t34-/m0/s1. The van der Waals surface area contributed by atoms with Gasteiger partial charge in [-0.1, -0.05) is 38.1 Å². The van der Waals surface area contributed by atoms with Gasteiger partial charge in [0, 0.05) is 55.2 Å². The number of aromatic nitrogens is 1. The van der Waals surface area contributed by atoms with Crippen LogP contribution in [0.5, 0.6) is 0 Å². The third-order valence-electron chi connectivity index (χ3n) is 9.26. The Hall–Kier alpha value is -3.29. The summed E-state index contributed by atoms with van der Waals surface area (Å²) in [5.74, 6) is -1.20. The molecular weight excluding hydrogens is 553 g/mol. The number of halogens is 1. The van der Waals surface area contributed by atoms with Gasteiger partial charge in [-0.3, -0.25) is 9.88 Å². The topological polar surface area (TPSA) is 65.9 Å². The Morgan fingerprint density at radius 1 is 1.02 bits per heavy atom. The highest BCUT2D eigenvalue weighted by Crippen LogP contribution is 2.45. The number of carboxylic acids is 1. The molecule has 44 heavy (non-hydrogen) atoms. The highest BCUT2D eigenvalue weighted by molar-refractivity contribution is 5.88. The van der Waals surface area contributed by atoms with Crippen molar-refractivity contribution in [1.82, 2.24) is 9.88 Å². The van der Waals surface area contributed by atoms with E-state index in [-0.39, 0.29) is 11.2 Å². The van der Waals surface area contributed by atoms with Crippen molar-refractivity contribution >= 4 is 11.7 Å². The first kappa shape index (κ1) is 32.1. The summed E-state index contributed by atoms with van der Waals surface area (Å²) < 4.78 is 20.2. The maximum atomic E-state index is 13.9. The maximum Gasteiger partial charge on any atom is 0.337 e. The van der Waals surface area contributed by atoms with E-state index in [1.165, 1.54) is 17.2 Å². The molecule has 1 N–H and O–H groups in total. The van der Waals surface area contributed by atoms with Gasteiger partial charge < -0.3 is 14.7 Å². The molecule has 1 atom stereocenters. The van der Waals surface area contributed by atoms with Crippen molar-refractivity contribution in [3.63, 3.8) is 0 Å². The van der Waals surface area contributed by atoms with Gasteiger partial charge in [0.2, 0.25) is 0 Å². The molecule has 6 nitrogen and oxygen atoms in total. The molecule has 0 aliphatic carbocycles. The van der Waals surface area contributed by atoms with Gasteiger partial charge in [0.15, 0.2) is 6.10 Å². The number of piperidine rings is 1. The highest BCUT2D eigenvalue weighted by atomic mass is 19.1. The fraction of sp³-hybridized carbons (Fsp3) is 0.514. The van der Waals surface area contributed by atoms with Crippen LogP contribution in [0.4, 0.5) is 10.1 Å². The molecule has 0 spiro atoms. The first-order valence-corrected chi connectivity index (χ1v) is 15.9. The molecular formula is C37H48FN3O3. The second-order valence-electron chi connectivity index (χ2n) is 14.5. The molecule has 0 bridgehead atoms. The lowest BCUT2D eigenvalue weighted by molar-refractivity contribution is -0.160. The largest absolute Gasteiger partial charge is 0.479 e. The number of carbonyl (C=O) groups is 1. The van der Waals surface area contributed by atoms with Crippen LogP contribution in [0, 0.1) is 32.0 Å². The number of aliphatic carboxylic acids is 1. The van der Waals surface area contributed by atoms with E-state index >= 15 is 0 Å². The minimum absolute atomic E-state index is 0.194. The summed E-state index contributed by atoms with van der Waals surface area (Å²) in [6, 6.07) is 11.7. The van der Waals surface area contributed by atoms with Crippen LogP contribution in [0.1, 0.15) is 92.8 Å². The van der Waals surface area contributed by atoms with Crippen LogP contribution >= 0.6 is 0 Å². The molecule has 2 aliphatic rings. The monoisotopic (exact) mass is 601 g/mol. The SMILES string of the molecule is Cc1ccc(F)cc1CN1CCc2cc(-c3c(C)nc(C)c([C@H](OC(C)(C)C)C(=O)O)c3N3CCC(C)(C)CC3)ccc2C1. The van der Waals surface area contributed by atoms with Crippen LogP contribution in [0.25, 0.3) is 11.1 Å². The van der Waals surface area contributed by atoms with Gasteiger partial charge in [-0.2, -0.15) is 0 Å². The number of hydrogen-bond donors (Lipinski definition) is 1. The number of nitrogens with zero attached hydrogens (tertiary/aromatic N) is 3. The van der Waals surface area contributed by atoms with E-state index in [1.54, 1.807) is 6.07 Å². The number of benzene rings is 2. The minimum atomic E-state index is -1.13. The predicted molar refractivity (Wildman–Crippen MR) is 175 cm³/mol. The second kappa shape index (κ2) is 12.2. The van der Waals surface area contributed by atoms with E-state index < -0.39 is 17.7 Å². The molecule has 236 valence electrons. The van der Waals surface area contributed by atoms with E-state index in [9.17, 15) is 14.3 Å². The highest BCUT2D eigenvalue weighted by Gasteiger charge is 2.36. The predicted octanol–water partition coefficient (Wildman–Crippen LogP) is 7.94. The number of fused-ring (bicyclic) bond motifs is 1. The summed E-state index contributed by atoms with van der Waals surface area (Å²) in [7, 11) is 0. The van der Waals surface area contributed by atoms with Crippen molar-refractivity contribution < 1.29 is 19.0 Å². The summed E-state index contributed by atoms with van der Waals surface area (Å²) in [5.41, 5.74) is 9.53. The van der Waals surface area contributed by atoms with E-state index in [0.717, 1.165) is 85.6 Å². The van der Waals surface area contributed by atoms with Gasteiger partial charge in [0.25, 0.3) is 0 Å². The number of ether oxygens (including phenoxy) is 1. The quantitative estimate of drug-likeness (QED) is 0.297. The summed E-state index contributed by atoms with van der Waals surface area (Å²) in [6.45, 7) is 20.4. The average molecular weight is 602 g/mol. The zero-order valence-corrected chi connectivity index (χ0v) is 27.7. The molecule has 3 aromatic rings. The fourth-order valence-corrected chi connectivity index (χ4v) is 6.71. The van der Waals surface area contributed by atoms with Crippen molar-refractivity contribution in [3.8, 4) is 11.1 Å². The Balaban J connectivity index is 1.57. The van der Waals surface area contributed by atoms with Crippen LogP contribution in [-0.4, -0.2) is 46.2 Å². The summed E-state index contributed by atoms with van der Waals surface area (Å²) in [5, 5.41) is 10.5. The summed E-state index contributed by atoms with van der Waals surface area (Å²) >= 11 is 0. The number of pyridine rings is 1. The molecule has 1 fully saturated rings. The van der Waals surface area contributed by atoms with E-state index in [4.69, 9.17) is 9.72 Å². The van der Waals surface area contributed by atoms with Gasteiger partial charge in [-0.05, 0) is 106 Å². The van der Waals surface area contributed by atoms with Gasteiger partial charge in [0.1, 0.15) is 5.82 Å². The maximum absolute atomic E-state index is 13.9. The Kier molecular flexibility index (Phi) is 8.94. The Bertz CT molecular complexity index is 1550. The van der Waals surface area contributed by atoms with Crippen LogP contribution < -0.4 is 4.90 Å². The first-order chi connectivity index (χ1) is 20.6. The Morgan fingerprint density at radius 2 is 1.73 bits per heavy atom. The molecule has 0 saturated carbocycles. The van der Waals surface area contributed by atoms with Crippen LogP contribution in [0.3, 0.4) is 0 Å². The summed E-state index contributed by atoms with van der Waals surface area (Å²) in [6.07, 6.45) is 1.80. The van der Waals surface area contributed by atoms with Gasteiger partial charge >= 0.3 is 5.97 Å². The normalized spacial score (nSPS) is 17.8. The van der Waals surface area contributed by atoms with Crippen molar-refractivity contribution in [3.05, 3.63) is 81.4 Å². The molecule has 1 saturated heterocycles. The van der Waals surface area contributed by atoms with Crippen molar-refractivity contribution in [2.75, 3.05) is 24.5 Å². The summed E-state index contributed by atoms with van der Waals surface area (Å²) in [4.78, 5) is 22.5. The number of hydrogen-bond acceptors (Lipinski definition) is 5. The zero-order chi connectivity index (χ0) is 32.0. The smallest absolute Gasteiger partial charge is 0.337 e. The van der Waals surface area contributed by atoms with Gasteiger partial charge in [-0.15, -0.1) is 0 Å². The number of rotatable bonds is 7. The lowest BCUT2D eigenvalue weighted by Gasteiger charge is -2.41. The Labute approximate surface area is 262 Å². The first-order valence-electron chi connectivity index (χ1n) is 15.9. The van der Waals surface area contributed by atoms with Crippen LogP contribution in [-0.2, 0) is 29.0 Å². The number of anilines is 1. The van der Waals surface area contributed by atoms with Crippen LogP contribution in [0.15, 0.2) is 36.4 Å². The Morgan fingerprint density at radius 3 is 2.39 bits per heavy atom.